The second kappa shape index (κ2) is 4.14. The van der Waals surface area contributed by atoms with E-state index < -0.39 is 20.4 Å². The van der Waals surface area contributed by atoms with Gasteiger partial charge < -0.3 is 13.6 Å². The summed E-state index contributed by atoms with van der Waals surface area (Å²) in [7, 11) is -1.17. The molecule has 1 aromatic rings. The van der Waals surface area contributed by atoms with Crippen LogP contribution in [-0.4, -0.2) is 27.8 Å². The third-order valence-electron chi connectivity index (χ3n) is 1.78. The molecule has 0 heterocycles. The van der Waals surface area contributed by atoms with Gasteiger partial charge in [-0.25, -0.2) is 8.78 Å². The zero-order valence-corrected chi connectivity index (χ0v) is 8.75. The summed E-state index contributed by atoms with van der Waals surface area (Å²) >= 11 is 0. The molecule has 1 aromatic carbocycles. The maximum absolute atomic E-state index is 12.8. The number of benzene rings is 1. The van der Waals surface area contributed by atoms with E-state index in [1.807, 2.05) is 0 Å². The Kier molecular flexibility index (Phi) is 3.32. The topological polar surface area (TPSA) is 38.7 Å². The first kappa shape index (κ1) is 11.3. The molecule has 0 aliphatic heterocycles. The van der Waals surface area contributed by atoms with Gasteiger partial charge in [0.1, 0.15) is 11.6 Å². The van der Waals surface area contributed by atoms with Crippen molar-refractivity contribution in [2.75, 3.05) is 14.2 Å². The van der Waals surface area contributed by atoms with Crippen molar-refractivity contribution < 1.29 is 22.4 Å². The predicted octanol–water partition coefficient (Wildman–Crippen LogP) is 0.396. The highest BCUT2D eigenvalue weighted by Gasteiger charge is 2.38. The van der Waals surface area contributed by atoms with Gasteiger partial charge in [0.15, 0.2) is 0 Å². The summed E-state index contributed by atoms with van der Waals surface area (Å²) in [6.07, 6.45) is 0. The lowest BCUT2D eigenvalue weighted by atomic mass is 10.3. The zero-order valence-electron chi connectivity index (χ0n) is 7.75. The van der Waals surface area contributed by atoms with Gasteiger partial charge in [0.25, 0.3) is 0 Å². The van der Waals surface area contributed by atoms with Gasteiger partial charge in [0, 0.05) is 25.5 Å². The van der Waals surface area contributed by atoms with Crippen LogP contribution in [0.2, 0.25) is 0 Å². The summed E-state index contributed by atoms with van der Waals surface area (Å²) in [5.41, 5.74) is 0. The standard InChI is InChI=1S/C8H10F2O3Si/c1-12-14(11,13-2)8-4-6(9)3-7(10)5-8/h3-5,11H,1-2H3. The Bertz CT molecular complexity index is 308. The van der Waals surface area contributed by atoms with Crippen LogP contribution in [0.1, 0.15) is 0 Å². The van der Waals surface area contributed by atoms with E-state index in [0.29, 0.717) is 6.07 Å². The molecular formula is C8H10F2O3Si. The van der Waals surface area contributed by atoms with E-state index >= 15 is 0 Å². The molecule has 0 fully saturated rings. The van der Waals surface area contributed by atoms with Crippen molar-refractivity contribution in [3.05, 3.63) is 29.8 Å². The molecule has 0 bridgehead atoms. The van der Waals surface area contributed by atoms with Crippen molar-refractivity contribution in [3.63, 3.8) is 0 Å². The lowest BCUT2D eigenvalue weighted by Gasteiger charge is -2.19. The Morgan fingerprint density at radius 2 is 1.50 bits per heavy atom. The molecule has 0 amide bonds. The maximum atomic E-state index is 12.8. The van der Waals surface area contributed by atoms with E-state index in [4.69, 9.17) is 8.85 Å². The molecule has 6 heteroatoms. The van der Waals surface area contributed by atoms with E-state index in [2.05, 4.69) is 0 Å². The molecule has 0 saturated carbocycles. The SMILES string of the molecule is CO[Si](O)(OC)c1cc(F)cc(F)c1. The summed E-state index contributed by atoms with van der Waals surface area (Å²) in [4.78, 5) is 9.71. The first-order chi connectivity index (χ1) is 6.51. The van der Waals surface area contributed by atoms with Crippen LogP contribution < -0.4 is 5.19 Å². The molecule has 0 aromatic heterocycles. The lowest BCUT2D eigenvalue weighted by Crippen LogP contribution is -2.53. The number of halogens is 2. The third-order valence-corrected chi connectivity index (χ3v) is 3.91. The van der Waals surface area contributed by atoms with E-state index in [0.717, 1.165) is 12.1 Å². The van der Waals surface area contributed by atoms with Gasteiger partial charge in [0.05, 0.1) is 0 Å². The highest BCUT2D eigenvalue weighted by atomic mass is 28.4. The van der Waals surface area contributed by atoms with E-state index in [-0.39, 0.29) is 5.19 Å². The molecule has 78 valence electrons. The lowest BCUT2D eigenvalue weighted by molar-refractivity contribution is 0.169. The minimum atomic E-state index is -3.62. The number of hydrogen-bond donors (Lipinski definition) is 1. The fourth-order valence-electron chi connectivity index (χ4n) is 1.06. The van der Waals surface area contributed by atoms with Crippen LogP contribution in [0.4, 0.5) is 8.78 Å². The smallest absolute Gasteiger partial charge is 0.386 e. The average molecular weight is 220 g/mol. The van der Waals surface area contributed by atoms with Gasteiger partial charge in [-0.2, -0.15) is 0 Å². The molecule has 3 nitrogen and oxygen atoms in total. The third kappa shape index (κ3) is 2.15. The van der Waals surface area contributed by atoms with Gasteiger partial charge in [-0.15, -0.1) is 0 Å². The van der Waals surface area contributed by atoms with Crippen LogP contribution in [-0.2, 0) is 8.85 Å². The van der Waals surface area contributed by atoms with Crippen LogP contribution in [0.25, 0.3) is 0 Å². The fraction of sp³-hybridized carbons (Fsp3) is 0.250. The van der Waals surface area contributed by atoms with Crippen LogP contribution in [0, 0.1) is 11.6 Å². The van der Waals surface area contributed by atoms with Gasteiger partial charge in [0.2, 0.25) is 0 Å². The molecule has 0 spiro atoms. The molecule has 1 N–H and O–H groups in total. The second-order valence-electron chi connectivity index (χ2n) is 2.65. The zero-order chi connectivity index (χ0) is 10.8. The van der Waals surface area contributed by atoms with Crippen molar-refractivity contribution in [3.8, 4) is 0 Å². The predicted molar refractivity (Wildman–Crippen MR) is 48.0 cm³/mol. The fourth-order valence-corrected chi connectivity index (χ4v) is 2.33. The normalized spacial score (nSPS) is 11.8. The molecular weight excluding hydrogens is 210 g/mol. The van der Waals surface area contributed by atoms with Crippen molar-refractivity contribution in [1.29, 1.82) is 0 Å². The molecule has 14 heavy (non-hydrogen) atoms. The first-order valence-corrected chi connectivity index (χ1v) is 5.57. The molecule has 0 unspecified atom stereocenters. The Labute approximate surface area is 81.3 Å². The minimum absolute atomic E-state index is 0.000000000000000444. The Morgan fingerprint density at radius 3 is 1.86 bits per heavy atom. The maximum Gasteiger partial charge on any atom is 0.534 e. The Morgan fingerprint density at radius 1 is 1.07 bits per heavy atom. The van der Waals surface area contributed by atoms with E-state index in [9.17, 15) is 13.6 Å². The van der Waals surface area contributed by atoms with Crippen molar-refractivity contribution >= 4 is 14.0 Å². The van der Waals surface area contributed by atoms with E-state index in [1.54, 1.807) is 0 Å². The van der Waals surface area contributed by atoms with Crippen LogP contribution in [0.15, 0.2) is 18.2 Å². The van der Waals surface area contributed by atoms with Crippen molar-refractivity contribution in [2.45, 2.75) is 0 Å². The van der Waals surface area contributed by atoms with Crippen molar-refractivity contribution in [2.24, 2.45) is 0 Å². The summed E-state index contributed by atoms with van der Waals surface area (Å²) in [6, 6.07) is 2.69. The summed E-state index contributed by atoms with van der Waals surface area (Å²) < 4.78 is 35.0. The monoisotopic (exact) mass is 220 g/mol. The first-order valence-electron chi connectivity index (χ1n) is 3.81. The van der Waals surface area contributed by atoms with Crippen LogP contribution in [0.3, 0.4) is 0 Å². The highest BCUT2D eigenvalue weighted by Crippen LogP contribution is 2.06. The Balaban J connectivity index is 3.17. The largest absolute Gasteiger partial charge is 0.534 e. The molecule has 0 saturated heterocycles. The molecule has 0 aliphatic carbocycles. The molecule has 0 aliphatic rings. The highest BCUT2D eigenvalue weighted by molar-refractivity contribution is 6.74. The van der Waals surface area contributed by atoms with Gasteiger partial charge in [-0.1, -0.05) is 0 Å². The average Bonchev–Trinajstić information content (AvgIpc) is 2.15. The van der Waals surface area contributed by atoms with E-state index in [1.165, 1.54) is 14.2 Å². The molecule has 0 atom stereocenters. The second-order valence-corrected chi connectivity index (χ2v) is 5.21. The number of rotatable bonds is 3. The molecule has 0 radical (unpaired) electrons. The number of hydrogen-bond acceptors (Lipinski definition) is 3. The minimum Gasteiger partial charge on any atom is -0.386 e. The Hall–Kier alpha value is -0.823. The summed E-state index contributed by atoms with van der Waals surface area (Å²) in [6.45, 7) is 0. The summed E-state index contributed by atoms with van der Waals surface area (Å²) in [5.74, 6) is -1.56. The van der Waals surface area contributed by atoms with Gasteiger partial charge >= 0.3 is 8.80 Å². The molecule has 1 rings (SSSR count). The quantitative estimate of drug-likeness (QED) is 0.749. The van der Waals surface area contributed by atoms with Gasteiger partial charge in [-0.05, 0) is 12.1 Å². The van der Waals surface area contributed by atoms with Gasteiger partial charge in [-0.3, -0.25) is 0 Å². The summed E-state index contributed by atoms with van der Waals surface area (Å²) in [5, 5.41) is 0.000000000000000444. The van der Waals surface area contributed by atoms with Crippen LogP contribution >= 0.6 is 0 Å². The van der Waals surface area contributed by atoms with Crippen molar-refractivity contribution in [1.82, 2.24) is 0 Å². The van der Waals surface area contributed by atoms with Crippen LogP contribution in [0.5, 0.6) is 0 Å².